The van der Waals surface area contributed by atoms with E-state index in [1.807, 2.05) is 13.0 Å². The fraction of sp³-hybridized carbons (Fsp3) is 0.400. The number of sulfonamides is 1. The third-order valence-corrected chi connectivity index (χ3v) is 6.86. The van der Waals surface area contributed by atoms with E-state index in [0.717, 1.165) is 19.3 Å². The lowest BCUT2D eigenvalue weighted by Crippen LogP contribution is -2.41. The molecule has 1 aliphatic rings. The number of aryl methyl sites for hydroxylation is 1. The molecule has 2 aromatic rings. The molecule has 0 saturated carbocycles. The molecule has 2 heterocycles. The number of ether oxygens (including phenoxy) is 1. The van der Waals surface area contributed by atoms with Gasteiger partial charge in [0.15, 0.2) is 0 Å². The predicted molar refractivity (Wildman–Crippen MR) is 102 cm³/mol. The van der Waals surface area contributed by atoms with E-state index in [1.165, 1.54) is 10.4 Å². The standard InChI is InChI=1S/C20H24N2O4S/c1-15-9-10-18(27(24,25)22-12-6-4-7-16(22)2)13-19(15)20(23)26-14-17-8-3-5-11-21-17/h3,5,8-11,13,16H,4,6-7,12,14H2,1-2H3. The fourth-order valence-electron chi connectivity index (χ4n) is 3.25. The highest BCUT2D eigenvalue weighted by molar-refractivity contribution is 7.89. The number of piperidine rings is 1. The Balaban J connectivity index is 1.82. The highest BCUT2D eigenvalue weighted by Crippen LogP contribution is 2.26. The molecule has 3 rings (SSSR count). The minimum absolute atomic E-state index is 0.0374. The van der Waals surface area contributed by atoms with Crippen LogP contribution in [0, 0.1) is 6.92 Å². The number of pyridine rings is 1. The first-order chi connectivity index (χ1) is 12.9. The van der Waals surface area contributed by atoms with Crippen LogP contribution in [0.4, 0.5) is 0 Å². The van der Waals surface area contributed by atoms with Gasteiger partial charge in [-0.2, -0.15) is 4.31 Å². The Bertz CT molecular complexity index is 913. The molecule has 6 nitrogen and oxygen atoms in total. The minimum atomic E-state index is -3.64. The summed E-state index contributed by atoms with van der Waals surface area (Å²) in [6.45, 7) is 4.24. The van der Waals surface area contributed by atoms with E-state index in [1.54, 1.807) is 37.4 Å². The molecule has 144 valence electrons. The second-order valence-electron chi connectivity index (χ2n) is 6.83. The lowest BCUT2D eigenvalue weighted by Gasteiger charge is -2.32. The van der Waals surface area contributed by atoms with Gasteiger partial charge in [0, 0.05) is 18.8 Å². The van der Waals surface area contributed by atoms with Crippen molar-refractivity contribution < 1.29 is 17.9 Å². The van der Waals surface area contributed by atoms with Crippen molar-refractivity contribution in [1.82, 2.24) is 9.29 Å². The Labute approximate surface area is 160 Å². The number of hydrogen-bond donors (Lipinski definition) is 0. The first-order valence-electron chi connectivity index (χ1n) is 9.09. The zero-order valence-electron chi connectivity index (χ0n) is 15.6. The van der Waals surface area contributed by atoms with Gasteiger partial charge in [0.1, 0.15) is 6.61 Å². The van der Waals surface area contributed by atoms with Crippen molar-refractivity contribution in [3.05, 3.63) is 59.4 Å². The summed E-state index contributed by atoms with van der Waals surface area (Å²) in [6, 6.07) is 9.95. The Morgan fingerprint density at radius 2 is 2.07 bits per heavy atom. The van der Waals surface area contributed by atoms with Crippen LogP contribution in [0.15, 0.2) is 47.5 Å². The summed E-state index contributed by atoms with van der Waals surface area (Å²) < 4.78 is 32.9. The van der Waals surface area contributed by atoms with Gasteiger partial charge in [0.2, 0.25) is 10.0 Å². The van der Waals surface area contributed by atoms with E-state index < -0.39 is 16.0 Å². The van der Waals surface area contributed by atoms with E-state index in [4.69, 9.17) is 4.74 Å². The average molecular weight is 388 g/mol. The van der Waals surface area contributed by atoms with Gasteiger partial charge in [0.05, 0.1) is 16.2 Å². The maximum absolute atomic E-state index is 13.0. The zero-order chi connectivity index (χ0) is 19.4. The van der Waals surface area contributed by atoms with Crippen molar-refractivity contribution in [1.29, 1.82) is 0 Å². The molecular weight excluding hydrogens is 364 g/mol. The minimum Gasteiger partial charge on any atom is -0.456 e. The Morgan fingerprint density at radius 3 is 2.78 bits per heavy atom. The van der Waals surface area contributed by atoms with E-state index in [0.29, 0.717) is 17.8 Å². The third-order valence-electron chi connectivity index (χ3n) is 4.85. The van der Waals surface area contributed by atoms with Gasteiger partial charge < -0.3 is 4.74 Å². The number of nitrogens with zero attached hydrogens (tertiary/aromatic N) is 2. The first-order valence-corrected chi connectivity index (χ1v) is 10.5. The third kappa shape index (κ3) is 4.36. The number of benzene rings is 1. The number of aromatic nitrogens is 1. The van der Waals surface area contributed by atoms with Crippen LogP contribution in [0.1, 0.15) is 47.8 Å². The van der Waals surface area contributed by atoms with Gasteiger partial charge in [-0.05, 0) is 56.5 Å². The molecule has 0 spiro atoms. The van der Waals surface area contributed by atoms with Crippen molar-refractivity contribution in [3.8, 4) is 0 Å². The van der Waals surface area contributed by atoms with Gasteiger partial charge in [-0.15, -0.1) is 0 Å². The number of carbonyl (C=O) groups is 1. The smallest absolute Gasteiger partial charge is 0.338 e. The SMILES string of the molecule is Cc1ccc(S(=O)(=O)N2CCCCC2C)cc1C(=O)OCc1ccccn1. The van der Waals surface area contributed by atoms with Gasteiger partial charge in [0.25, 0.3) is 0 Å². The van der Waals surface area contributed by atoms with Crippen LogP contribution < -0.4 is 0 Å². The molecule has 1 fully saturated rings. The van der Waals surface area contributed by atoms with Gasteiger partial charge >= 0.3 is 5.97 Å². The fourth-order valence-corrected chi connectivity index (χ4v) is 4.97. The van der Waals surface area contributed by atoms with Gasteiger partial charge in [-0.3, -0.25) is 4.98 Å². The van der Waals surface area contributed by atoms with E-state index in [-0.39, 0.29) is 23.1 Å². The lowest BCUT2D eigenvalue weighted by atomic mass is 10.1. The molecule has 1 unspecified atom stereocenters. The van der Waals surface area contributed by atoms with E-state index >= 15 is 0 Å². The highest BCUT2D eigenvalue weighted by Gasteiger charge is 2.31. The van der Waals surface area contributed by atoms with Gasteiger partial charge in [-0.1, -0.05) is 18.6 Å². The summed E-state index contributed by atoms with van der Waals surface area (Å²) in [5.74, 6) is -0.554. The normalized spacial score (nSPS) is 18.2. The molecule has 0 bridgehead atoms. The molecule has 0 aliphatic carbocycles. The summed E-state index contributed by atoms with van der Waals surface area (Å²) in [7, 11) is -3.64. The van der Waals surface area contributed by atoms with Crippen molar-refractivity contribution in [3.63, 3.8) is 0 Å². The second-order valence-corrected chi connectivity index (χ2v) is 8.73. The van der Waals surface area contributed by atoms with E-state index in [9.17, 15) is 13.2 Å². The van der Waals surface area contributed by atoms with Crippen molar-refractivity contribution in [2.45, 2.75) is 50.7 Å². The molecule has 1 aromatic heterocycles. The summed E-state index contributed by atoms with van der Waals surface area (Å²) in [4.78, 5) is 16.7. The largest absolute Gasteiger partial charge is 0.456 e. The first kappa shape index (κ1) is 19.5. The number of carbonyl (C=O) groups excluding carboxylic acids is 1. The van der Waals surface area contributed by atoms with Crippen molar-refractivity contribution in [2.24, 2.45) is 0 Å². The topological polar surface area (TPSA) is 76.6 Å². The molecule has 7 heteroatoms. The summed E-state index contributed by atoms with van der Waals surface area (Å²) in [6.07, 6.45) is 4.37. The lowest BCUT2D eigenvalue weighted by molar-refractivity contribution is 0.0466. The molecule has 1 atom stereocenters. The van der Waals surface area contributed by atoms with Gasteiger partial charge in [-0.25, -0.2) is 13.2 Å². The molecule has 27 heavy (non-hydrogen) atoms. The van der Waals surface area contributed by atoms with Crippen molar-refractivity contribution in [2.75, 3.05) is 6.54 Å². The maximum atomic E-state index is 13.0. The molecular formula is C20H24N2O4S. The Morgan fingerprint density at radius 1 is 1.26 bits per heavy atom. The zero-order valence-corrected chi connectivity index (χ0v) is 16.4. The molecule has 1 aliphatic heterocycles. The summed E-state index contributed by atoms with van der Waals surface area (Å²) >= 11 is 0. The Kier molecular flexibility index (Phi) is 5.92. The quantitative estimate of drug-likeness (QED) is 0.735. The maximum Gasteiger partial charge on any atom is 0.338 e. The predicted octanol–water partition coefficient (Wildman–Crippen LogP) is 3.31. The van der Waals surface area contributed by atoms with Crippen LogP contribution in [-0.4, -0.2) is 36.3 Å². The van der Waals surface area contributed by atoms with Crippen molar-refractivity contribution >= 4 is 16.0 Å². The van der Waals surface area contributed by atoms with Crippen LogP contribution in [0.25, 0.3) is 0 Å². The summed E-state index contributed by atoms with van der Waals surface area (Å²) in [5, 5.41) is 0. The Hall–Kier alpha value is -2.25. The number of hydrogen-bond acceptors (Lipinski definition) is 5. The van der Waals surface area contributed by atoms with Crippen LogP contribution in [0.5, 0.6) is 0 Å². The molecule has 0 N–H and O–H groups in total. The van der Waals surface area contributed by atoms with E-state index in [2.05, 4.69) is 4.98 Å². The van der Waals surface area contributed by atoms with Crippen LogP contribution in [0.3, 0.4) is 0 Å². The highest BCUT2D eigenvalue weighted by atomic mass is 32.2. The van der Waals surface area contributed by atoms with Crippen LogP contribution >= 0.6 is 0 Å². The number of esters is 1. The molecule has 1 aromatic carbocycles. The molecule has 1 saturated heterocycles. The monoisotopic (exact) mass is 388 g/mol. The summed E-state index contributed by atoms with van der Waals surface area (Å²) in [5.41, 5.74) is 1.57. The second kappa shape index (κ2) is 8.19. The molecule has 0 amide bonds. The van der Waals surface area contributed by atoms with Crippen LogP contribution in [-0.2, 0) is 21.4 Å². The molecule has 0 radical (unpaired) electrons. The average Bonchev–Trinajstić information content (AvgIpc) is 2.67. The van der Waals surface area contributed by atoms with Crippen LogP contribution in [0.2, 0.25) is 0 Å². The number of rotatable bonds is 5.